The van der Waals surface area contributed by atoms with Crippen LogP contribution in [0.3, 0.4) is 0 Å². The van der Waals surface area contributed by atoms with Crippen molar-refractivity contribution in [3.05, 3.63) is 23.5 Å². The molecule has 2 rings (SSSR count). The third-order valence-electron chi connectivity index (χ3n) is 2.55. The molecule has 1 saturated carbocycles. The first-order valence-electron chi connectivity index (χ1n) is 4.70. The second kappa shape index (κ2) is 3.97. The van der Waals surface area contributed by atoms with Crippen molar-refractivity contribution in [3.8, 4) is 0 Å². The Morgan fingerprint density at radius 3 is 2.85 bits per heavy atom. The fourth-order valence-electron chi connectivity index (χ4n) is 1.44. The summed E-state index contributed by atoms with van der Waals surface area (Å²) >= 11 is 5.67. The summed E-state index contributed by atoms with van der Waals surface area (Å²) in [7, 11) is 0. The van der Waals surface area contributed by atoms with Crippen molar-refractivity contribution in [2.24, 2.45) is 5.92 Å². The van der Waals surface area contributed by atoms with Gasteiger partial charge in [-0.3, -0.25) is 0 Å². The second-order valence-corrected chi connectivity index (χ2v) is 3.93. The topological polar surface area (TPSA) is 24.9 Å². The number of rotatable bonds is 3. The largest absolute Gasteiger partial charge is 0.384 e. The van der Waals surface area contributed by atoms with Crippen molar-refractivity contribution in [2.75, 3.05) is 11.9 Å². The van der Waals surface area contributed by atoms with Crippen LogP contribution in [0.2, 0.25) is 5.15 Å². The summed E-state index contributed by atoms with van der Waals surface area (Å²) in [6.45, 7) is 1.07. The van der Waals surface area contributed by atoms with Gasteiger partial charge in [0.2, 0.25) is 0 Å². The number of halogens is 1. The molecular weight excluding hydrogens is 184 g/mol. The molecule has 0 atom stereocenters. The Morgan fingerprint density at radius 1 is 1.46 bits per heavy atom. The number of nitrogens with zero attached hydrogens (tertiary/aromatic N) is 1. The maximum atomic E-state index is 5.67. The minimum absolute atomic E-state index is 0.550. The molecule has 0 spiro atoms. The fourth-order valence-corrected chi connectivity index (χ4v) is 1.55. The fraction of sp³-hybridized carbons (Fsp3) is 0.500. The van der Waals surface area contributed by atoms with Gasteiger partial charge in [0.05, 0.1) is 11.9 Å². The number of hydrogen-bond donors (Lipinski definition) is 1. The molecule has 0 unspecified atom stereocenters. The zero-order valence-electron chi connectivity index (χ0n) is 7.46. The molecule has 2 nitrogen and oxygen atoms in total. The van der Waals surface area contributed by atoms with Gasteiger partial charge in [-0.1, -0.05) is 18.0 Å². The molecule has 1 heterocycles. The van der Waals surface area contributed by atoms with Gasteiger partial charge in [-0.15, -0.1) is 0 Å². The number of anilines is 1. The average molecular weight is 197 g/mol. The van der Waals surface area contributed by atoms with Crippen molar-refractivity contribution in [2.45, 2.75) is 19.3 Å². The van der Waals surface area contributed by atoms with E-state index >= 15 is 0 Å². The van der Waals surface area contributed by atoms with Gasteiger partial charge >= 0.3 is 0 Å². The predicted octanol–water partition coefficient (Wildman–Crippen LogP) is 2.95. The van der Waals surface area contributed by atoms with Crippen LogP contribution in [0.25, 0.3) is 0 Å². The van der Waals surface area contributed by atoms with Crippen molar-refractivity contribution >= 4 is 17.3 Å². The molecule has 70 valence electrons. The maximum Gasteiger partial charge on any atom is 0.129 e. The van der Waals surface area contributed by atoms with Crippen LogP contribution in [0.4, 0.5) is 5.69 Å². The van der Waals surface area contributed by atoms with Crippen LogP contribution in [-0.4, -0.2) is 11.5 Å². The van der Waals surface area contributed by atoms with Gasteiger partial charge in [0.25, 0.3) is 0 Å². The van der Waals surface area contributed by atoms with Crippen LogP contribution in [0.1, 0.15) is 19.3 Å². The molecule has 0 amide bonds. The van der Waals surface area contributed by atoms with Crippen LogP contribution in [0.5, 0.6) is 0 Å². The van der Waals surface area contributed by atoms with E-state index in [9.17, 15) is 0 Å². The van der Waals surface area contributed by atoms with E-state index in [0.717, 1.165) is 18.2 Å². The highest BCUT2D eigenvalue weighted by Crippen LogP contribution is 2.26. The Balaban J connectivity index is 1.83. The Bertz CT molecular complexity index is 267. The number of aromatic nitrogens is 1. The highest BCUT2D eigenvalue weighted by molar-refractivity contribution is 6.29. The van der Waals surface area contributed by atoms with Crippen molar-refractivity contribution < 1.29 is 0 Å². The van der Waals surface area contributed by atoms with Gasteiger partial charge < -0.3 is 5.32 Å². The minimum atomic E-state index is 0.550. The molecule has 1 N–H and O–H groups in total. The number of hydrogen-bond acceptors (Lipinski definition) is 2. The molecular formula is C10H13ClN2. The monoisotopic (exact) mass is 196 g/mol. The molecule has 0 saturated heterocycles. The van der Waals surface area contributed by atoms with E-state index in [2.05, 4.69) is 10.3 Å². The summed E-state index contributed by atoms with van der Waals surface area (Å²) in [6, 6.07) is 3.78. The molecule has 3 heteroatoms. The summed E-state index contributed by atoms with van der Waals surface area (Å²) in [5.41, 5.74) is 1.07. The van der Waals surface area contributed by atoms with E-state index in [0.29, 0.717) is 5.15 Å². The molecule has 13 heavy (non-hydrogen) atoms. The van der Waals surface area contributed by atoms with Crippen LogP contribution < -0.4 is 5.32 Å². The lowest BCUT2D eigenvalue weighted by atomic mass is 9.85. The highest BCUT2D eigenvalue weighted by atomic mass is 35.5. The molecule has 1 aliphatic rings. The number of nitrogens with one attached hydrogen (secondary N) is 1. The summed E-state index contributed by atoms with van der Waals surface area (Å²) in [6.07, 6.45) is 5.91. The SMILES string of the molecule is Clc1ccc(NCC2CCC2)cn1. The summed E-state index contributed by atoms with van der Waals surface area (Å²) in [5, 5.41) is 3.90. The predicted molar refractivity (Wildman–Crippen MR) is 55.1 cm³/mol. The standard InChI is InChI=1S/C10H13ClN2/c11-10-5-4-9(7-13-10)12-6-8-2-1-3-8/h4-5,7-8,12H,1-3,6H2. The Kier molecular flexibility index (Phi) is 2.69. The van der Waals surface area contributed by atoms with Gasteiger partial charge in [-0.25, -0.2) is 4.98 Å². The number of pyridine rings is 1. The van der Waals surface area contributed by atoms with Gasteiger partial charge in [-0.05, 0) is 30.9 Å². The van der Waals surface area contributed by atoms with Gasteiger partial charge in [0.15, 0.2) is 0 Å². The van der Waals surface area contributed by atoms with Gasteiger partial charge in [-0.2, -0.15) is 0 Å². The van der Waals surface area contributed by atoms with E-state index in [4.69, 9.17) is 11.6 Å². The molecule has 0 radical (unpaired) electrons. The quantitative estimate of drug-likeness (QED) is 0.752. The lowest BCUT2D eigenvalue weighted by molar-refractivity contribution is 0.333. The smallest absolute Gasteiger partial charge is 0.129 e. The maximum absolute atomic E-state index is 5.67. The summed E-state index contributed by atoms with van der Waals surface area (Å²) in [4.78, 5) is 4.00. The summed E-state index contributed by atoms with van der Waals surface area (Å²) in [5.74, 6) is 0.871. The van der Waals surface area contributed by atoms with E-state index in [1.165, 1.54) is 19.3 Å². The molecule has 0 bridgehead atoms. The molecule has 0 aliphatic heterocycles. The van der Waals surface area contributed by atoms with Crippen molar-refractivity contribution in [1.82, 2.24) is 4.98 Å². The zero-order valence-corrected chi connectivity index (χ0v) is 8.22. The van der Waals surface area contributed by atoms with Crippen LogP contribution in [-0.2, 0) is 0 Å². The Hall–Kier alpha value is -0.760. The molecule has 1 aromatic rings. The van der Waals surface area contributed by atoms with Gasteiger partial charge in [0.1, 0.15) is 5.15 Å². The highest BCUT2D eigenvalue weighted by Gasteiger charge is 2.16. The lowest BCUT2D eigenvalue weighted by Gasteiger charge is -2.25. The Labute approximate surface area is 83.3 Å². The minimum Gasteiger partial charge on any atom is -0.384 e. The third-order valence-corrected chi connectivity index (χ3v) is 2.77. The Morgan fingerprint density at radius 2 is 2.31 bits per heavy atom. The third kappa shape index (κ3) is 2.34. The van der Waals surface area contributed by atoms with Crippen LogP contribution in [0, 0.1) is 5.92 Å². The first-order valence-corrected chi connectivity index (χ1v) is 5.08. The first-order chi connectivity index (χ1) is 6.34. The van der Waals surface area contributed by atoms with E-state index in [1.807, 2.05) is 12.1 Å². The normalized spacial score (nSPS) is 16.7. The summed E-state index contributed by atoms with van der Waals surface area (Å²) < 4.78 is 0. The molecule has 0 aromatic carbocycles. The van der Waals surface area contributed by atoms with Gasteiger partial charge in [0, 0.05) is 6.54 Å². The van der Waals surface area contributed by atoms with E-state index in [-0.39, 0.29) is 0 Å². The first kappa shape index (κ1) is 8.82. The second-order valence-electron chi connectivity index (χ2n) is 3.55. The average Bonchev–Trinajstić information content (AvgIpc) is 2.05. The van der Waals surface area contributed by atoms with E-state index in [1.54, 1.807) is 6.20 Å². The lowest BCUT2D eigenvalue weighted by Crippen LogP contribution is -2.20. The molecule has 1 aliphatic carbocycles. The van der Waals surface area contributed by atoms with Crippen LogP contribution in [0.15, 0.2) is 18.3 Å². The molecule has 1 aromatic heterocycles. The van der Waals surface area contributed by atoms with Crippen molar-refractivity contribution in [3.63, 3.8) is 0 Å². The van der Waals surface area contributed by atoms with Crippen molar-refractivity contribution in [1.29, 1.82) is 0 Å². The van der Waals surface area contributed by atoms with E-state index < -0.39 is 0 Å². The van der Waals surface area contributed by atoms with Crippen LogP contribution >= 0.6 is 11.6 Å². The zero-order chi connectivity index (χ0) is 9.10. The molecule has 1 fully saturated rings.